The third-order valence-corrected chi connectivity index (χ3v) is 11.4. The van der Waals surface area contributed by atoms with Gasteiger partial charge in [-0.2, -0.15) is 0 Å². The average molecular weight is 528 g/mol. The Bertz CT molecular complexity index is 996. The number of carbonyl (C=O) groups is 2. The summed E-state index contributed by atoms with van der Waals surface area (Å²) < 4.78 is 12.5. The molecule has 0 unspecified atom stereocenters. The van der Waals surface area contributed by atoms with Crippen LogP contribution in [0, 0.1) is 5.92 Å². The molecule has 6 nitrogen and oxygen atoms in total. The number of ether oxygens (including phenoxy) is 1. The molecule has 37 heavy (non-hydrogen) atoms. The van der Waals surface area contributed by atoms with Crippen molar-refractivity contribution in [1.29, 1.82) is 0 Å². The van der Waals surface area contributed by atoms with E-state index in [4.69, 9.17) is 9.16 Å². The highest BCUT2D eigenvalue weighted by Gasteiger charge is 2.42. The molecule has 0 radical (unpaired) electrons. The van der Waals surface area contributed by atoms with Crippen molar-refractivity contribution in [2.75, 3.05) is 0 Å². The van der Waals surface area contributed by atoms with Crippen LogP contribution in [0.5, 0.6) is 0 Å². The topological polar surface area (TPSA) is 84.9 Å². The van der Waals surface area contributed by atoms with Gasteiger partial charge in [0.2, 0.25) is 0 Å². The van der Waals surface area contributed by atoms with Crippen molar-refractivity contribution in [3.8, 4) is 0 Å². The molecule has 0 fully saturated rings. The Hall–Kier alpha value is -2.64. The number of hydrogen-bond acceptors (Lipinski definition) is 4. The van der Waals surface area contributed by atoms with Crippen LogP contribution in [-0.4, -0.2) is 43.2 Å². The van der Waals surface area contributed by atoms with Gasteiger partial charge in [-0.15, -0.1) is 0 Å². The maximum absolute atomic E-state index is 12.9. The molecule has 0 saturated carbocycles. The molecule has 0 heterocycles. The van der Waals surface area contributed by atoms with E-state index in [2.05, 4.69) is 39.2 Å². The number of rotatable bonds is 11. The van der Waals surface area contributed by atoms with Gasteiger partial charge in [-0.05, 0) is 69.3 Å². The van der Waals surface area contributed by atoms with Crippen LogP contribution in [0.3, 0.4) is 0 Å². The summed E-state index contributed by atoms with van der Waals surface area (Å²) in [5.41, 5.74) is 1.33. The standard InChI is InChI=1S/C30H45NO5Si/c1-29(2,3)35-28(34)31-25(20-23-17-13-10-14-18-23)26(36-37(7,8)30(4,5)6)21-24(27(32)33)19-22-15-11-9-12-16-22/h9-18,24-26H,19-21H2,1-8H3,(H,31,34)(H,32,33)/t24-,25+,26-/m0/s1. The molecule has 0 aliphatic heterocycles. The smallest absolute Gasteiger partial charge is 0.407 e. The monoisotopic (exact) mass is 527 g/mol. The number of amides is 1. The van der Waals surface area contributed by atoms with Gasteiger partial charge in [0.05, 0.1) is 18.1 Å². The minimum absolute atomic E-state index is 0.0907. The van der Waals surface area contributed by atoms with Gasteiger partial charge >= 0.3 is 12.1 Å². The molecule has 0 saturated heterocycles. The molecule has 1 amide bonds. The number of aliphatic carboxylic acids is 1. The van der Waals surface area contributed by atoms with Crippen LogP contribution in [0.1, 0.15) is 59.1 Å². The number of carboxylic acid groups (broad SMARTS) is 1. The number of hydrogen-bond donors (Lipinski definition) is 2. The predicted molar refractivity (Wildman–Crippen MR) is 151 cm³/mol. The Morgan fingerprint density at radius 3 is 1.78 bits per heavy atom. The first kappa shape index (κ1) is 30.6. The van der Waals surface area contributed by atoms with Gasteiger partial charge in [-0.3, -0.25) is 4.79 Å². The van der Waals surface area contributed by atoms with E-state index in [1.54, 1.807) is 0 Å². The molecule has 0 aliphatic carbocycles. The number of benzene rings is 2. The van der Waals surface area contributed by atoms with Crippen LogP contribution in [0.25, 0.3) is 0 Å². The van der Waals surface area contributed by atoms with E-state index < -0.39 is 44.0 Å². The lowest BCUT2D eigenvalue weighted by Crippen LogP contribution is -2.54. The second-order valence-corrected chi connectivity index (χ2v) is 17.1. The summed E-state index contributed by atoms with van der Waals surface area (Å²) in [6.07, 6.45) is 0.102. The van der Waals surface area contributed by atoms with Crippen molar-refractivity contribution in [2.24, 2.45) is 5.92 Å². The van der Waals surface area contributed by atoms with Crippen LogP contribution >= 0.6 is 0 Å². The zero-order valence-electron chi connectivity index (χ0n) is 23.7. The molecule has 0 aliphatic rings. The Morgan fingerprint density at radius 1 is 0.865 bits per heavy atom. The summed E-state index contributed by atoms with van der Waals surface area (Å²) in [6, 6.07) is 19.0. The number of carboxylic acids is 1. The van der Waals surface area contributed by atoms with Crippen LogP contribution in [0.2, 0.25) is 18.1 Å². The Labute approximate surface area is 223 Å². The minimum Gasteiger partial charge on any atom is -0.481 e. The summed E-state index contributed by atoms with van der Waals surface area (Å²) in [6.45, 7) is 16.2. The number of carbonyl (C=O) groups excluding carboxylic acids is 1. The SMILES string of the molecule is CC(C)(C)OC(=O)N[C@H](Cc1ccccc1)[C@H](C[C@H](Cc1ccccc1)C(=O)O)O[Si](C)(C)C(C)(C)C. The second kappa shape index (κ2) is 12.7. The quantitative estimate of drug-likeness (QED) is 0.312. The Morgan fingerprint density at radius 2 is 1.35 bits per heavy atom. The molecule has 2 aromatic carbocycles. The molecule has 3 atom stereocenters. The average Bonchev–Trinajstić information content (AvgIpc) is 2.77. The summed E-state index contributed by atoms with van der Waals surface area (Å²) >= 11 is 0. The van der Waals surface area contributed by atoms with E-state index in [1.807, 2.05) is 81.4 Å². The molecule has 2 aromatic rings. The molecule has 0 bridgehead atoms. The van der Waals surface area contributed by atoms with E-state index in [-0.39, 0.29) is 11.5 Å². The van der Waals surface area contributed by atoms with Gasteiger partial charge in [-0.25, -0.2) is 4.79 Å². The third kappa shape index (κ3) is 10.3. The maximum Gasteiger partial charge on any atom is 0.407 e. The molecule has 7 heteroatoms. The second-order valence-electron chi connectivity index (χ2n) is 12.3. The largest absolute Gasteiger partial charge is 0.481 e. The Kier molecular flexibility index (Phi) is 10.5. The highest BCUT2D eigenvalue weighted by atomic mass is 28.4. The number of alkyl carbamates (subject to hydrolysis) is 1. The predicted octanol–water partition coefficient (Wildman–Crippen LogP) is 6.85. The fourth-order valence-corrected chi connectivity index (χ4v) is 5.27. The minimum atomic E-state index is -2.32. The van der Waals surface area contributed by atoms with Crippen LogP contribution in [0.4, 0.5) is 4.79 Å². The molecule has 2 N–H and O–H groups in total. The van der Waals surface area contributed by atoms with E-state index >= 15 is 0 Å². The highest BCUT2D eigenvalue weighted by molar-refractivity contribution is 6.74. The van der Waals surface area contributed by atoms with Gasteiger partial charge in [0, 0.05) is 0 Å². The van der Waals surface area contributed by atoms with Crippen molar-refractivity contribution in [3.63, 3.8) is 0 Å². The van der Waals surface area contributed by atoms with Crippen molar-refractivity contribution >= 4 is 20.4 Å². The van der Waals surface area contributed by atoms with Crippen molar-refractivity contribution in [2.45, 2.75) is 96.7 Å². The fraction of sp³-hybridized carbons (Fsp3) is 0.533. The van der Waals surface area contributed by atoms with E-state index in [9.17, 15) is 14.7 Å². The lowest BCUT2D eigenvalue weighted by molar-refractivity contribution is -0.142. The van der Waals surface area contributed by atoms with Gasteiger partial charge in [0.25, 0.3) is 0 Å². The summed E-state index contributed by atoms with van der Waals surface area (Å²) in [5.74, 6) is -1.54. The highest BCUT2D eigenvalue weighted by Crippen LogP contribution is 2.39. The van der Waals surface area contributed by atoms with E-state index in [0.29, 0.717) is 12.8 Å². The zero-order valence-corrected chi connectivity index (χ0v) is 24.7. The van der Waals surface area contributed by atoms with Crippen molar-refractivity contribution < 1.29 is 23.9 Å². The zero-order chi connectivity index (χ0) is 27.9. The lowest BCUT2D eigenvalue weighted by Gasteiger charge is -2.42. The van der Waals surface area contributed by atoms with Gasteiger partial charge < -0.3 is 19.6 Å². The molecular weight excluding hydrogens is 482 g/mol. The molecular formula is C30H45NO5Si. The fourth-order valence-electron chi connectivity index (χ4n) is 3.90. The van der Waals surface area contributed by atoms with Gasteiger partial charge in [0.1, 0.15) is 5.60 Å². The summed E-state index contributed by atoms with van der Waals surface area (Å²) in [5, 5.41) is 13.1. The lowest BCUT2D eigenvalue weighted by atomic mass is 9.89. The normalized spacial score (nSPS) is 14.9. The van der Waals surface area contributed by atoms with E-state index in [1.165, 1.54) is 0 Å². The summed E-state index contributed by atoms with van der Waals surface area (Å²) in [7, 11) is -2.32. The van der Waals surface area contributed by atoms with Crippen molar-refractivity contribution in [3.05, 3.63) is 71.8 Å². The third-order valence-electron chi connectivity index (χ3n) is 6.89. The Balaban J connectivity index is 2.46. The summed E-state index contributed by atoms with van der Waals surface area (Å²) in [4.78, 5) is 25.4. The van der Waals surface area contributed by atoms with Crippen LogP contribution in [0.15, 0.2) is 60.7 Å². The first-order chi connectivity index (χ1) is 17.1. The van der Waals surface area contributed by atoms with Crippen molar-refractivity contribution in [1.82, 2.24) is 5.32 Å². The first-order valence-electron chi connectivity index (χ1n) is 13.1. The molecule has 2 rings (SSSR count). The van der Waals surface area contributed by atoms with Gasteiger partial charge in [-0.1, -0.05) is 81.4 Å². The van der Waals surface area contributed by atoms with E-state index in [0.717, 1.165) is 11.1 Å². The number of nitrogens with one attached hydrogen (secondary N) is 1. The molecule has 0 aromatic heterocycles. The van der Waals surface area contributed by atoms with Gasteiger partial charge in [0.15, 0.2) is 8.32 Å². The van der Waals surface area contributed by atoms with Crippen LogP contribution < -0.4 is 5.32 Å². The first-order valence-corrected chi connectivity index (χ1v) is 16.0. The molecule has 204 valence electrons. The molecule has 0 spiro atoms. The maximum atomic E-state index is 12.9. The van der Waals surface area contributed by atoms with Crippen LogP contribution in [-0.2, 0) is 26.8 Å².